The molecular formula is C18H36N2O4Si. The number of carbonyl (C=O) groups is 2. The lowest BCUT2D eigenvalue weighted by Gasteiger charge is -2.36. The molecule has 1 aliphatic carbocycles. The van der Waals surface area contributed by atoms with Crippen molar-refractivity contribution in [1.82, 2.24) is 10.0 Å². The quantitative estimate of drug-likeness (QED) is 0.532. The molecule has 0 spiro atoms. The zero-order valence-corrected chi connectivity index (χ0v) is 17.7. The van der Waals surface area contributed by atoms with Crippen molar-refractivity contribution < 1.29 is 19.4 Å². The van der Waals surface area contributed by atoms with Crippen LogP contribution in [0, 0.1) is 11.8 Å². The zero-order chi connectivity index (χ0) is 19.2. The first-order chi connectivity index (χ1) is 11.5. The summed E-state index contributed by atoms with van der Waals surface area (Å²) in [5, 5.41) is 11.8. The molecule has 0 radical (unpaired) electrons. The molecule has 2 amide bonds. The molecule has 0 heterocycles. The fourth-order valence-electron chi connectivity index (χ4n) is 3.39. The summed E-state index contributed by atoms with van der Waals surface area (Å²) in [4.78, 5) is 23.9. The van der Waals surface area contributed by atoms with Crippen molar-refractivity contribution in [3.05, 3.63) is 0 Å². The predicted octanol–water partition coefficient (Wildman–Crippen LogP) is 4.89. The van der Waals surface area contributed by atoms with Gasteiger partial charge in [0.15, 0.2) is 0 Å². The smallest absolute Gasteiger partial charge is 0.428 e. The summed E-state index contributed by atoms with van der Waals surface area (Å²) in [7, 11) is 0.186. The summed E-state index contributed by atoms with van der Waals surface area (Å²) in [6.45, 7) is 11.1. The predicted molar refractivity (Wildman–Crippen MR) is 102 cm³/mol. The maximum Gasteiger partial charge on any atom is 0.428 e. The Labute approximate surface area is 153 Å². The molecule has 1 N–H and O–H groups in total. The highest BCUT2D eigenvalue weighted by Crippen LogP contribution is 2.32. The van der Waals surface area contributed by atoms with Crippen LogP contribution in [-0.2, 0) is 4.74 Å². The van der Waals surface area contributed by atoms with Gasteiger partial charge in [-0.25, -0.2) is 19.6 Å². The Kier molecular flexibility index (Phi) is 8.24. The lowest BCUT2D eigenvalue weighted by atomic mass is 9.80. The Balaban J connectivity index is 2.58. The first-order valence-electron chi connectivity index (χ1n) is 9.44. The van der Waals surface area contributed by atoms with Gasteiger partial charge >= 0.3 is 12.2 Å². The molecule has 1 atom stereocenters. The van der Waals surface area contributed by atoms with E-state index >= 15 is 0 Å². The van der Waals surface area contributed by atoms with Crippen LogP contribution in [0.1, 0.15) is 46.0 Å². The molecule has 1 aliphatic rings. The van der Waals surface area contributed by atoms with E-state index in [0.29, 0.717) is 12.5 Å². The summed E-state index contributed by atoms with van der Waals surface area (Å²) >= 11 is 0. The molecule has 1 unspecified atom stereocenters. The van der Waals surface area contributed by atoms with Crippen LogP contribution in [0.2, 0.25) is 25.7 Å². The lowest BCUT2D eigenvalue weighted by Crippen LogP contribution is -2.52. The van der Waals surface area contributed by atoms with Crippen molar-refractivity contribution in [1.29, 1.82) is 0 Å². The van der Waals surface area contributed by atoms with Gasteiger partial charge in [0.05, 0.1) is 12.6 Å². The molecule has 0 saturated heterocycles. The molecular weight excluding hydrogens is 336 g/mol. The van der Waals surface area contributed by atoms with Crippen molar-refractivity contribution in [3.63, 3.8) is 0 Å². The number of carboxylic acid groups (broad SMARTS) is 1. The Morgan fingerprint density at radius 2 is 1.76 bits per heavy atom. The van der Waals surface area contributed by atoms with Gasteiger partial charge in [0, 0.05) is 15.1 Å². The number of hydrazine groups is 1. The van der Waals surface area contributed by atoms with Gasteiger partial charge in [0.25, 0.3) is 0 Å². The van der Waals surface area contributed by atoms with E-state index in [4.69, 9.17) is 4.74 Å². The molecule has 0 aliphatic heterocycles. The molecule has 0 bridgehead atoms. The number of hydrogen-bond acceptors (Lipinski definition) is 3. The fraction of sp³-hybridized carbons (Fsp3) is 0.889. The molecule has 1 rings (SSSR count). The van der Waals surface area contributed by atoms with E-state index in [1.807, 2.05) is 6.92 Å². The number of nitrogens with zero attached hydrogens (tertiary/aromatic N) is 2. The average molecular weight is 373 g/mol. The summed E-state index contributed by atoms with van der Waals surface area (Å²) in [5.74, 6) is 1.30. The summed E-state index contributed by atoms with van der Waals surface area (Å²) < 4.78 is 5.28. The van der Waals surface area contributed by atoms with Crippen LogP contribution < -0.4 is 0 Å². The van der Waals surface area contributed by atoms with Gasteiger partial charge in [-0.3, -0.25) is 0 Å². The number of amides is 2. The van der Waals surface area contributed by atoms with Crippen molar-refractivity contribution in [2.45, 2.75) is 77.7 Å². The van der Waals surface area contributed by atoms with E-state index < -0.39 is 20.3 Å². The largest absolute Gasteiger partial charge is 0.464 e. The van der Waals surface area contributed by atoms with E-state index in [1.54, 1.807) is 0 Å². The highest BCUT2D eigenvalue weighted by Gasteiger charge is 2.31. The van der Waals surface area contributed by atoms with Gasteiger partial charge in [0.2, 0.25) is 0 Å². The van der Waals surface area contributed by atoms with Gasteiger partial charge in [-0.15, -0.1) is 0 Å². The number of carbonyl (C=O) groups excluding carboxylic acids is 1. The Morgan fingerprint density at radius 3 is 2.24 bits per heavy atom. The van der Waals surface area contributed by atoms with Crippen LogP contribution in [0.5, 0.6) is 0 Å². The average Bonchev–Trinajstić information content (AvgIpc) is 2.47. The van der Waals surface area contributed by atoms with Crippen LogP contribution in [-0.4, -0.2) is 55.1 Å². The second-order valence-electron chi connectivity index (χ2n) is 8.79. The van der Waals surface area contributed by atoms with Crippen LogP contribution in [0.25, 0.3) is 0 Å². The lowest BCUT2D eigenvalue weighted by molar-refractivity contribution is -0.0218. The standard InChI is InChI=1S/C18H36N2O4Si/c1-14-7-9-16(10-8-14)13-15(2)20(17(21)22)19(3)18(23)24-11-12-25(4,5)6/h14-16H,7-13H2,1-6H3,(H,21,22). The second-order valence-corrected chi connectivity index (χ2v) is 14.4. The third kappa shape index (κ3) is 7.67. The first-order valence-corrected chi connectivity index (χ1v) is 13.1. The van der Waals surface area contributed by atoms with Crippen LogP contribution in [0.3, 0.4) is 0 Å². The minimum Gasteiger partial charge on any atom is -0.464 e. The van der Waals surface area contributed by atoms with Crippen LogP contribution in [0.15, 0.2) is 0 Å². The van der Waals surface area contributed by atoms with E-state index in [-0.39, 0.29) is 6.04 Å². The molecule has 1 fully saturated rings. The maximum absolute atomic E-state index is 12.2. The Morgan fingerprint density at radius 1 is 1.20 bits per heavy atom. The Hall–Kier alpha value is -1.24. The van der Waals surface area contributed by atoms with E-state index in [2.05, 4.69) is 26.6 Å². The molecule has 25 heavy (non-hydrogen) atoms. The van der Waals surface area contributed by atoms with Gasteiger partial charge in [-0.2, -0.15) is 0 Å². The molecule has 6 nitrogen and oxygen atoms in total. The van der Waals surface area contributed by atoms with Crippen LogP contribution >= 0.6 is 0 Å². The molecule has 1 saturated carbocycles. The van der Waals surface area contributed by atoms with E-state index in [9.17, 15) is 14.7 Å². The summed E-state index contributed by atoms with van der Waals surface area (Å²) in [6.07, 6.45) is 3.78. The van der Waals surface area contributed by atoms with Gasteiger partial charge in [0.1, 0.15) is 0 Å². The fourth-order valence-corrected chi connectivity index (χ4v) is 4.10. The summed E-state index contributed by atoms with van der Waals surface area (Å²) in [5.41, 5.74) is 0. The number of ether oxygens (including phenoxy) is 1. The second kappa shape index (κ2) is 9.45. The van der Waals surface area contributed by atoms with Crippen molar-refractivity contribution >= 4 is 20.3 Å². The molecule has 146 valence electrons. The van der Waals surface area contributed by atoms with Gasteiger partial charge in [-0.05, 0) is 31.2 Å². The molecule has 0 aromatic rings. The third-order valence-electron chi connectivity index (χ3n) is 5.09. The SMILES string of the molecule is CC1CCC(CC(C)N(C(=O)O)N(C)C(=O)OCC[Si](C)(C)C)CC1. The van der Waals surface area contributed by atoms with Gasteiger partial charge < -0.3 is 9.84 Å². The molecule has 0 aromatic carbocycles. The molecule has 7 heteroatoms. The Bertz CT molecular complexity index is 445. The van der Waals surface area contributed by atoms with Crippen molar-refractivity contribution in [3.8, 4) is 0 Å². The van der Waals surface area contributed by atoms with Crippen molar-refractivity contribution in [2.75, 3.05) is 13.7 Å². The first kappa shape index (κ1) is 21.8. The monoisotopic (exact) mass is 372 g/mol. The topological polar surface area (TPSA) is 70.1 Å². The number of rotatable bonds is 6. The van der Waals surface area contributed by atoms with Crippen molar-refractivity contribution in [2.24, 2.45) is 11.8 Å². The molecule has 0 aromatic heterocycles. The van der Waals surface area contributed by atoms with Gasteiger partial charge in [-0.1, -0.05) is 52.2 Å². The number of hydrogen-bond donors (Lipinski definition) is 1. The normalized spacial score (nSPS) is 22.2. The van der Waals surface area contributed by atoms with E-state index in [1.165, 1.54) is 19.9 Å². The van der Waals surface area contributed by atoms with E-state index in [0.717, 1.165) is 41.2 Å². The third-order valence-corrected chi connectivity index (χ3v) is 6.79. The minimum absolute atomic E-state index is 0.245. The highest BCUT2D eigenvalue weighted by molar-refractivity contribution is 6.76. The zero-order valence-electron chi connectivity index (χ0n) is 16.7. The summed E-state index contributed by atoms with van der Waals surface area (Å²) in [6, 6.07) is 0.626. The maximum atomic E-state index is 12.2. The minimum atomic E-state index is -1.29. The highest BCUT2D eigenvalue weighted by atomic mass is 28.3. The van der Waals surface area contributed by atoms with Crippen LogP contribution in [0.4, 0.5) is 9.59 Å².